The fourth-order valence-corrected chi connectivity index (χ4v) is 0.546. The number of rotatable bonds is 0. The van der Waals surface area contributed by atoms with Crippen molar-refractivity contribution in [1.29, 1.82) is 0 Å². The first kappa shape index (κ1) is 4.65. The molecule has 0 bridgehead atoms. The van der Waals surface area contributed by atoms with E-state index in [1.54, 1.807) is 0 Å². The molecule has 39 valence electrons. The van der Waals surface area contributed by atoms with Crippen molar-refractivity contribution in [3.05, 3.63) is 19.3 Å². The van der Waals surface area contributed by atoms with Crippen LogP contribution in [0.1, 0.15) is 0 Å². The van der Waals surface area contributed by atoms with Crippen molar-refractivity contribution in [2.75, 3.05) is 13.2 Å². The molecule has 0 aromatic heterocycles. The minimum atomic E-state index is 0.872. The molecule has 0 spiro atoms. The van der Waals surface area contributed by atoms with Crippen LogP contribution < -0.4 is 5.32 Å². The fourth-order valence-electron chi connectivity index (χ4n) is 0.546. The van der Waals surface area contributed by atoms with Crippen LogP contribution in [-0.4, -0.2) is 18.1 Å². The molecule has 0 aliphatic carbocycles. The molecule has 7 heavy (non-hydrogen) atoms. The van der Waals surface area contributed by atoms with E-state index in [1.165, 1.54) is 0 Å². The van der Waals surface area contributed by atoms with Crippen molar-refractivity contribution in [2.45, 2.75) is 0 Å². The highest BCUT2D eigenvalue weighted by molar-refractivity contribution is 4.87. The number of nitrogens with one attached hydrogen (secondary N) is 1. The second kappa shape index (κ2) is 1.98. The quantitative estimate of drug-likeness (QED) is 0.463. The minimum Gasteiger partial charge on any atom is -0.363 e. The van der Waals surface area contributed by atoms with E-state index in [0.29, 0.717) is 0 Å². The Hall–Kier alpha value is -0.500. The summed E-state index contributed by atoms with van der Waals surface area (Å²) in [6, 6.07) is 0. The molecule has 1 rings (SSSR count). The predicted octanol–water partition coefficient (Wildman–Crippen LogP) is 0.154. The lowest BCUT2D eigenvalue weighted by atomic mass is 10.5. The minimum absolute atomic E-state index is 0.872. The van der Waals surface area contributed by atoms with Crippen LogP contribution in [0, 0.1) is 7.05 Å². The molecular formula is C5H9N2. The Balaban J connectivity index is 2.36. The summed E-state index contributed by atoms with van der Waals surface area (Å²) in [5.74, 6) is 0. The van der Waals surface area contributed by atoms with Gasteiger partial charge in [-0.25, -0.2) is 0 Å². The Morgan fingerprint density at radius 2 is 2.57 bits per heavy atom. The summed E-state index contributed by atoms with van der Waals surface area (Å²) in [6.07, 6.45) is 4.01. The summed E-state index contributed by atoms with van der Waals surface area (Å²) in [6.45, 7) is 1.85. The lowest BCUT2D eigenvalue weighted by Crippen LogP contribution is -2.29. The van der Waals surface area contributed by atoms with Gasteiger partial charge in [0, 0.05) is 13.6 Å². The zero-order valence-electron chi connectivity index (χ0n) is 4.22. The van der Waals surface area contributed by atoms with Gasteiger partial charge < -0.3 is 4.90 Å². The molecule has 0 fully saturated rings. The third-order valence-corrected chi connectivity index (χ3v) is 0.893. The second-order valence-corrected chi connectivity index (χ2v) is 1.59. The topological polar surface area (TPSA) is 15.3 Å². The van der Waals surface area contributed by atoms with Gasteiger partial charge in [0.1, 0.15) is 0 Å². The standard InChI is InChI=1S/C5H9N2/c1-7-4-2-3-6-5-7/h2,4,6H,1,3,5H2. The fraction of sp³-hybridized carbons (Fsp3) is 0.400. The van der Waals surface area contributed by atoms with Gasteiger partial charge in [-0.15, -0.1) is 0 Å². The number of hydrogen-bond donors (Lipinski definition) is 1. The first-order chi connectivity index (χ1) is 3.39. The van der Waals surface area contributed by atoms with Crippen molar-refractivity contribution >= 4 is 0 Å². The van der Waals surface area contributed by atoms with Crippen molar-refractivity contribution in [3.8, 4) is 0 Å². The monoisotopic (exact) mass is 97.1 g/mol. The third-order valence-electron chi connectivity index (χ3n) is 0.893. The van der Waals surface area contributed by atoms with Gasteiger partial charge in [0.15, 0.2) is 0 Å². The molecular weight excluding hydrogens is 88.1 g/mol. The molecule has 0 saturated carbocycles. The van der Waals surface area contributed by atoms with Crippen LogP contribution in [0.25, 0.3) is 0 Å². The summed E-state index contributed by atoms with van der Waals surface area (Å²) < 4.78 is 0. The van der Waals surface area contributed by atoms with E-state index >= 15 is 0 Å². The normalized spacial score (nSPS) is 20.4. The second-order valence-electron chi connectivity index (χ2n) is 1.59. The Labute approximate surface area is 43.8 Å². The predicted molar refractivity (Wildman–Crippen MR) is 29.2 cm³/mol. The lowest BCUT2D eigenvalue weighted by Gasteiger charge is -2.17. The molecule has 0 unspecified atom stereocenters. The highest BCUT2D eigenvalue weighted by Crippen LogP contribution is 1.87. The summed E-state index contributed by atoms with van der Waals surface area (Å²) >= 11 is 0. The highest BCUT2D eigenvalue weighted by Gasteiger charge is 1.91. The third kappa shape index (κ3) is 1.20. The highest BCUT2D eigenvalue weighted by atomic mass is 15.2. The average Bonchev–Trinajstić information content (AvgIpc) is 1.69. The van der Waals surface area contributed by atoms with Crippen LogP contribution in [-0.2, 0) is 0 Å². The molecule has 2 heteroatoms. The Morgan fingerprint density at radius 3 is 2.86 bits per heavy atom. The van der Waals surface area contributed by atoms with Crippen LogP contribution in [0.15, 0.2) is 12.3 Å². The van der Waals surface area contributed by atoms with E-state index < -0.39 is 0 Å². The van der Waals surface area contributed by atoms with E-state index in [1.807, 2.05) is 17.2 Å². The summed E-state index contributed by atoms with van der Waals surface area (Å²) in [7, 11) is 3.68. The van der Waals surface area contributed by atoms with E-state index in [-0.39, 0.29) is 0 Å². The molecule has 1 N–H and O–H groups in total. The van der Waals surface area contributed by atoms with Crippen molar-refractivity contribution in [3.63, 3.8) is 0 Å². The van der Waals surface area contributed by atoms with Crippen molar-refractivity contribution < 1.29 is 0 Å². The van der Waals surface area contributed by atoms with Crippen LogP contribution >= 0.6 is 0 Å². The van der Waals surface area contributed by atoms with E-state index in [2.05, 4.69) is 12.4 Å². The smallest absolute Gasteiger partial charge is 0.0679 e. The SMILES string of the molecule is [CH2]N1C=CCNC1. The van der Waals surface area contributed by atoms with E-state index in [0.717, 1.165) is 13.2 Å². The van der Waals surface area contributed by atoms with Gasteiger partial charge in [-0.2, -0.15) is 0 Å². The Bertz CT molecular complexity index is 78.1. The van der Waals surface area contributed by atoms with Crippen LogP contribution in [0.4, 0.5) is 0 Å². The molecule has 0 aromatic rings. The summed E-state index contributed by atoms with van der Waals surface area (Å²) in [5, 5.41) is 3.11. The average molecular weight is 97.1 g/mol. The summed E-state index contributed by atoms with van der Waals surface area (Å²) in [4.78, 5) is 1.85. The molecule has 0 atom stereocenters. The van der Waals surface area contributed by atoms with Gasteiger partial charge in [-0.1, -0.05) is 6.08 Å². The van der Waals surface area contributed by atoms with Crippen LogP contribution in [0.2, 0.25) is 0 Å². The maximum atomic E-state index is 3.68. The van der Waals surface area contributed by atoms with Gasteiger partial charge in [0.2, 0.25) is 0 Å². The molecule has 1 aliphatic rings. The molecule has 0 aromatic carbocycles. The molecule has 0 saturated heterocycles. The van der Waals surface area contributed by atoms with Crippen molar-refractivity contribution in [1.82, 2.24) is 10.2 Å². The van der Waals surface area contributed by atoms with Crippen LogP contribution in [0.3, 0.4) is 0 Å². The first-order valence-corrected chi connectivity index (χ1v) is 2.34. The maximum Gasteiger partial charge on any atom is 0.0679 e. The van der Waals surface area contributed by atoms with Gasteiger partial charge >= 0.3 is 0 Å². The summed E-state index contributed by atoms with van der Waals surface area (Å²) in [5.41, 5.74) is 0. The van der Waals surface area contributed by atoms with Gasteiger partial charge in [0.05, 0.1) is 6.67 Å². The Morgan fingerprint density at radius 1 is 1.71 bits per heavy atom. The maximum absolute atomic E-state index is 3.68. The zero-order chi connectivity index (χ0) is 5.11. The Kier molecular flexibility index (Phi) is 1.32. The van der Waals surface area contributed by atoms with Gasteiger partial charge in [0.25, 0.3) is 0 Å². The first-order valence-electron chi connectivity index (χ1n) is 2.34. The molecule has 0 amide bonds. The van der Waals surface area contributed by atoms with Gasteiger partial charge in [-0.05, 0) is 6.20 Å². The number of hydrogen-bond acceptors (Lipinski definition) is 2. The zero-order valence-corrected chi connectivity index (χ0v) is 4.22. The largest absolute Gasteiger partial charge is 0.363 e. The van der Waals surface area contributed by atoms with Crippen LogP contribution in [0.5, 0.6) is 0 Å². The van der Waals surface area contributed by atoms with E-state index in [4.69, 9.17) is 0 Å². The molecule has 2 nitrogen and oxygen atoms in total. The molecule has 1 heterocycles. The van der Waals surface area contributed by atoms with Crippen molar-refractivity contribution in [2.24, 2.45) is 0 Å². The molecule has 1 aliphatic heterocycles. The van der Waals surface area contributed by atoms with E-state index in [9.17, 15) is 0 Å². The molecule has 1 radical (unpaired) electrons. The lowest BCUT2D eigenvalue weighted by molar-refractivity contribution is 0.433. The van der Waals surface area contributed by atoms with Gasteiger partial charge in [-0.3, -0.25) is 5.32 Å². The number of nitrogens with zero attached hydrogens (tertiary/aromatic N) is 1.